The van der Waals surface area contributed by atoms with Gasteiger partial charge in [0.25, 0.3) is 11.8 Å². The van der Waals surface area contributed by atoms with Gasteiger partial charge in [0.1, 0.15) is 6.54 Å². The van der Waals surface area contributed by atoms with Crippen molar-refractivity contribution in [2.75, 3.05) is 19.3 Å². The number of halogens is 3. The molecule has 0 heterocycles. The third-order valence-corrected chi connectivity index (χ3v) is 7.66. The van der Waals surface area contributed by atoms with Gasteiger partial charge in [0.2, 0.25) is 5.91 Å². The monoisotopic (exact) mass is 594 g/mol. The summed E-state index contributed by atoms with van der Waals surface area (Å²) in [5, 5.41) is 6.68. The van der Waals surface area contributed by atoms with Crippen molar-refractivity contribution in [1.29, 1.82) is 0 Å². The van der Waals surface area contributed by atoms with Gasteiger partial charge in [0.05, 0.1) is 10.5 Å². The number of nitrogens with zero attached hydrogens (tertiary/aromatic N) is 1. The molecule has 3 N–H and O–H groups in total. The summed E-state index contributed by atoms with van der Waals surface area (Å²) in [6.45, 7) is 5.04. The van der Waals surface area contributed by atoms with Crippen LogP contribution in [0.1, 0.15) is 58.9 Å². The molecule has 222 valence electrons. The highest BCUT2D eigenvalue weighted by Crippen LogP contribution is 2.29. The summed E-state index contributed by atoms with van der Waals surface area (Å²) in [5.74, 6) is -1.82. The Hall–Kier alpha value is -3.71. The van der Waals surface area contributed by atoms with Gasteiger partial charge in [-0.25, -0.2) is 13.8 Å². The summed E-state index contributed by atoms with van der Waals surface area (Å²) >= 11 is 0. The van der Waals surface area contributed by atoms with Gasteiger partial charge in [0.15, 0.2) is 9.84 Å². The normalized spacial score (nSPS) is 17.4. The molecule has 0 spiro atoms. The van der Waals surface area contributed by atoms with Crippen molar-refractivity contribution >= 4 is 27.6 Å². The largest absolute Gasteiger partial charge is 0.416 e. The molecule has 9 nitrogen and oxygen atoms in total. The second kappa shape index (κ2) is 13.3. The lowest BCUT2D eigenvalue weighted by atomic mass is 9.90. The number of hydrogen-bond acceptors (Lipinski definition) is 6. The van der Waals surface area contributed by atoms with Crippen LogP contribution in [0, 0.1) is 0 Å². The van der Waals surface area contributed by atoms with Crippen LogP contribution < -0.4 is 16.1 Å². The summed E-state index contributed by atoms with van der Waals surface area (Å²) < 4.78 is 62.9. The molecule has 0 aliphatic heterocycles. The van der Waals surface area contributed by atoms with Crippen LogP contribution in [0.2, 0.25) is 0 Å². The maximum Gasteiger partial charge on any atom is 0.416 e. The number of hydrazine groups is 1. The van der Waals surface area contributed by atoms with Crippen LogP contribution in [-0.2, 0) is 20.8 Å². The highest BCUT2D eigenvalue weighted by molar-refractivity contribution is 7.90. The first-order valence-corrected chi connectivity index (χ1v) is 14.8. The number of amides is 3. The first-order valence-electron chi connectivity index (χ1n) is 12.9. The van der Waals surface area contributed by atoms with Crippen LogP contribution in [0.4, 0.5) is 13.2 Å². The molecule has 0 bridgehead atoms. The minimum absolute atomic E-state index is 0.0846. The van der Waals surface area contributed by atoms with Crippen molar-refractivity contribution in [2.45, 2.75) is 55.8 Å². The predicted molar refractivity (Wildman–Crippen MR) is 147 cm³/mol. The number of sulfone groups is 1. The summed E-state index contributed by atoms with van der Waals surface area (Å²) in [4.78, 5) is 39.1. The maximum absolute atomic E-state index is 13.2. The van der Waals surface area contributed by atoms with Gasteiger partial charge in [-0.2, -0.15) is 13.2 Å². The number of rotatable bonds is 10. The zero-order valence-corrected chi connectivity index (χ0v) is 23.6. The van der Waals surface area contributed by atoms with Crippen LogP contribution >= 0.6 is 0 Å². The van der Waals surface area contributed by atoms with Crippen LogP contribution in [0.15, 0.2) is 65.6 Å². The molecule has 3 rings (SSSR count). The Balaban J connectivity index is 1.70. The molecular weight excluding hydrogens is 561 g/mol. The average Bonchev–Trinajstić information content (AvgIpc) is 2.90. The highest BCUT2D eigenvalue weighted by atomic mass is 32.2. The van der Waals surface area contributed by atoms with E-state index in [1.165, 1.54) is 30.3 Å². The number of hydrogen-bond donors (Lipinski definition) is 3. The highest BCUT2D eigenvalue weighted by Gasteiger charge is 2.32. The zero-order valence-electron chi connectivity index (χ0n) is 22.8. The molecule has 3 amide bonds. The molecule has 1 aliphatic carbocycles. The maximum atomic E-state index is 13.2. The van der Waals surface area contributed by atoms with Gasteiger partial charge >= 0.3 is 6.18 Å². The number of carbonyl (C=O) groups is 3. The Kier molecular flexibility index (Phi) is 10.3. The molecule has 1 fully saturated rings. The lowest BCUT2D eigenvalue weighted by Gasteiger charge is -2.33. The lowest BCUT2D eigenvalue weighted by Crippen LogP contribution is -2.56. The van der Waals surface area contributed by atoms with Gasteiger partial charge in [-0.05, 0) is 62.2 Å². The number of nitrogens with one attached hydrogen (secondary N) is 3. The Morgan fingerprint density at radius 2 is 1.59 bits per heavy atom. The second-order valence-corrected chi connectivity index (χ2v) is 12.1. The van der Waals surface area contributed by atoms with Gasteiger partial charge in [-0.3, -0.25) is 19.4 Å². The van der Waals surface area contributed by atoms with E-state index in [1.54, 1.807) is 6.92 Å². The molecule has 2 atom stereocenters. The third-order valence-electron chi connectivity index (χ3n) is 6.53. The Bertz CT molecular complexity index is 1390. The van der Waals surface area contributed by atoms with Crippen molar-refractivity contribution in [1.82, 2.24) is 21.1 Å². The quantitative estimate of drug-likeness (QED) is 0.286. The average molecular weight is 595 g/mol. The van der Waals surface area contributed by atoms with E-state index in [2.05, 4.69) is 22.6 Å². The van der Waals surface area contributed by atoms with E-state index < -0.39 is 57.9 Å². The fourth-order valence-electron chi connectivity index (χ4n) is 4.39. The molecule has 0 unspecified atom stereocenters. The second-order valence-electron chi connectivity index (χ2n) is 10.1. The fraction of sp³-hybridized carbons (Fsp3) is 0.393. The molecule has 0 aromatic heterocycles. The van der Waals surface area contributed by atoms with E-state index in [4.69, 9.17) is 0 Å². The van der Waals surface area contributed by atoms with Crippen LogP contribution in [0.3, 0.4) is 0 Å². The van der Waals surface area contributed by atoms with Crippen molar-refractivity contribution in [3.63, 3.8) is 0 Å². The van der Waals surface area contributed by atoms with Crippen LogP contribution in [0.25, 0.3) is 0 Å². The van der Waals surface area contributed by atoms with Gasteiger partial charge in [0, 0.05) is 36.0 Å². The molecule has 1 saturated carbocycles. The smallest absolute Gasteiger partial charge is 0.350 e. The third kappa shape index (κ3) is 9.15. The molecule has 0 saturated heterocycles. The van der Waals surface area contributed by atoms with E-state index in [-0.39, 0.29) is 22.6 Å². The molecule has 0 radical (unpaired) electrons. The van der Waals surface area contributed by atoms with Crippen molar-refractivity contribution in [2.24, 2.45) is 0 Å². The molecule has 41 heavy (non-hydrogen) atoms. The van der Waals surface area contributed by atoms with Crippen molar-refractivity contribution in [3.05, 3.63) is 77.4 Å². The standard InChI is InChI=1S/C28H33F3N4O5S/c1-18(2)16-32-35(27(38)20-7-6-8-21(15-20)28(29,30)31)17-25(36)33-23-9-4-5-10-24(23)34-26(37)19-11-13-22(14-12-19)41(3,39)40/h6-8,11-15,23-24,32H,1,4-5,9-10,16-17H2,2-3H3,(H,33,36)(H,34,37)/t23-,24+/m1/s1. The number of carbonyl (C=O) groups excluding carboxylic acids is 3. The van der Waals surface area contributed by atoms with Gasteiger partial charge in [-0.15, -0.1) is 0 Å². The summed E-state index contributed by atoms with van der Waals surface area (Å²) in [7, 11) is -3.41. The van der Waals surface area contributed by atoms with E-state index in [0.717, 1.165) is 42.3 Å². The SMILES string of the molecule is C=C(C)CNN(CC(=O)N[C@@H]1CCCC[C@@H]1NC(=O)c1ccc(S(C)(=O)=O)cc1)C(=O)c1cccc(C(F)(F)F)c1. The fourth-order valence-corrected chi connectivity index (χ4v) is 5.02. The molecule has 1 aliphatic rings. The first kappa shape index (κ1) is 31.8. The van der Waals surface area contributed by atoms with Gasteiger partial charge < -0.3 is 10.6 Å². The summed E-state index contributed by atoms with van der Waals surface area (Å²) in [5.41, 5.74) is 2.41. The predicted octanol–water partition coefficient (Wildman–Crippen LogP) is 3.49. The van der Waals surface area contributed by atoms with Crippen molar-refractivity contribution < 1.29 is 36.0 Å². The van der Waals surface area contributed by atoms with Crippen LogP contribution in [0.5, 0.6) is 0 Å². The summed E-state index contributed by atoms with van der Waals surface area (Å²) in [6, 6.07) is 8.57. The Labute approximate surface area is 237 Å². The Morgan fingerprint density at radius 3 is 2.15 bits per heavy atom. The van der Waals surface area contributed by atoms with E-state index >= 15 is 0 Å². The topological polar surface area (TPSA) is 125 Å². The minimum atomic E-state index is -4.64. The molecule has 2 aromatic carbocycles. The number of alkyl halides is 3. The van der Waals surface area contributed by atoms with Gasteiger partial charge in [-0.1, -0.05) is 31.1 Å². The zero-order chi connectivity index (χ0) is 30.4. The summed E-state index contributed by atoms with van der Waals surface area (Å²) in [6.07, 6.45) is -0.825. The lowest BCUT2D eigenvalue weighted by molar-refractivity contribution is -0.137. The Morgan fingerprint density at radius 1 is 0.976 bits per heavy atom. The number of benzene rings is 2. The van der Waals surface area contributed by atoms with E-state index in [9.17, 15) is 36.0 Å². The minimum Gasteiger partial charge on any atom is -0.350 e. The van der Waals surface area contributed by atoms with Crippen molar-refractivity contribution in [3.8, 4) is 0 Å². The van der Waals surface area contributed by atoms with E-state index in [1.807, 2.05) is 0 Å². The molecule has 13 heteroatoms. The molecular formula is C28H33F3N4O5S. The van der Waals surface area contributed by atoms with E-state index in [0.29, 0.717) is 18.4 Å². The first-order chi connectivity index (χ1) is 19.1. The van der Waals surface area contributed by atoms with Crippen LogP contribution in [-0.4, -0.2) is 62.6 Å². The molecule has 2 aromatic rings.